The van der Waals surface area contributed by atoms with Crippen LogP contribution < -0.4 is 5.73 Å². The molecule has 1 saturated heterocycles. The van der Waals surface area contributed by atoms with Gasteiger partial charge in [0.25, 0.3) is 0 Å². The second-order valence-corrected chi connectivity index (χ2v) is 5.92. The Balaban J connectivity index is 1.82. The highest BCUT2D eigenvalue weighted by atomic mass is 15.2. The minimum atomic E-state index is 0.493. The Morgan fingerprint density at radius 2 is 1.93 bits per heavy atom. The standard InChI is InChI=1S/C13H26N2/c1-10-3-4-11(2)15(8-10)9-12-5-6-13(14)7-12/h10-13H,3-9,14H2,1-2H3. The average molecular weight is 210 g/mol. The van der Waals surface area contributed by atoms with Crippen LogP contribution >= 0.6 is 0 Å². The van der Waals surface area contributed by atoms with Crippen LogP contribution in [0, 0.1) is 11.8 Å². The summed E-state index contributed by atoms with van der Waals surface area (Å²) in [4.78, 5) is 2.71. The van der Waals surface area contributed by atoms with Crippen molar-refractivity contribution in [3.63, 3.8) is 0 Å². The molecule has 1 saturated carbocycles. The molecule has 0 aromatic rings. The Morgan fingerprint density at radius 3 is 2.60 bits per heavy atom. The summed E-state index contributed by atoms with van der Waals surface area (Å²) in [7, 11) is 0. The third-order valence-corrected chi connectivity index (χ3v) is 4.32. The zero-order valence-electron chi connectivity index (χ0n) is 10.3. The smallest absolute Gasteiger partial charge is 0.00672 e. The zero-order chi connectivity index (χ0) is 10.8. The molecule has 0 aromatic heterocycles. The maximum absolute atomic E-state index is 5.97. The molecule has 2 rings (SSSR count). The Morgan fingerprint density at radius 1 is 1.13 bits per heavy atom. The predicted molar refractivity (Wildman–Crippen MR) is 64.7 cm³/mol. The fraction of sp³-hybridized carbons (Fsp3) is 1.00. The predicted octanol–water partition coefficient (Wildman–Crippen LogP) is 2.23. The van der Waals surface area contributed by atoms with Crippen molar-refractivity contribution in [1.82, 2.24) is 4.90 Å². The summed E-state index contributed by atoms with van der Waals surface area (Å²) >= 11 is 0. The lowest BCUT2D eigenvalue weighted by atomic mass is 9.93. The molecule has 2 nitrogen and oxygen atoms in total. The SMILES string of the molecule is CC1CCC(C)N(CC2CCC(N)C2)C1. The van der Waals surface area contributed by atoms with E-state index in [-0.39, 0.29) is 0 Å². The molecule has 0 bridgehead atoms. The van der Waals surface area contributed by atoms with Gasteiger partial charge < -0.3 is 10.6 Å². The molecule has 4 atom stereocenters. The second kappa shape index (κ2) is 4.84. The summed E-state index contributed by atoms with van der Waals surface area (Å²) in [6, 6.07) is 1.30. The van der Waals surface area contributed by atoms with E-state index in [1.807, 2.05) is 0 Å². The first kappa shape index (κ1) is 11.4. The quantitative estimate of drug-likeness (QED) is 0.757. The average Bonchev–Trinajstić information content (AvgIpc) is 2.58. The summed E-state index contributed by atoms with van der Waals surface area (Å²) in [5.74, 6) is 1.78. The van der Waals surface area contributed by atoms with Gasteiger partial charge in [-0.25, -0.2) is 0 Å². The number of nitrogens with zero attached hydrogens (tertiary/aromatic N) is 1. The fourth-order valence-electron chi connectivity index (χ4n) is 3.25. The van der Waals surface area contributed by atoms with Gasteiger partial charge in [-0.3, -0.25) is 0 Å². The van der Waals surface area contributed by atoms with Crippen LogP contribution in [-0.2, 0) is 0 Å². The van der Waals surface area contributed by atoms with Crippen LogP contribution in [0.4, 0.5) is 0 Å². The van der Waals surface area contributed by atoms with E-state index in [1.54, 1.807) is 0 Å². The van der Waals surface area contributed by atoms with E-state index < -0.39 is 0 Å². The Bertz CT molecular complexity index is 205. The molecular weight excluding hydrogens is 184 g/mol. The van der Waals surface area contributed by atoms with Gasteiger partial charge in [-0.15, -0.1) is 0 Å². The van der Waals surface area contributed by atoms with E-state index in [9.17, 15) is 0 Å². The molecule has 0 spiro atoms. The lowest BCUT2D eigenvalue weighted by Gasteiger charge is -2.38. The molecule has 0 radical (unpaired) electrons. The van der Waals surface area contributed by atoms with Gasteiger partial charge in [-0.1, -0.05) is 6.92 Å². The lowest BCUT2D eigenvalue weighted by molar-refractivity contribution is 0.106. The molecule has 2 N–H and O–H groups in total. The van der Waals surface area contributed by atoms with Crippen LogP contribution in [0.2, 0.25) is 0 Å². The van der Waals surface area contributed by atoms with Crippen molar-refractivity contribution in [3.8, 4) is 0 Å². The van der Waals surface area contributed by atoms with E-state index >= 15 is 0 Å². The van der Waals surface area contributed by atoms with Gasteiger partial charge in [0.05, 0.1) is 0 Å². The fourth-order valence-corrected chi connectivity index (χ4v) is 3.25. The first-order valence-corrected chi connectivity index (χ1v) is 6.64. The molecule has 15 heavy (non-hydrogen) atoms. The molecule has 1 aliphatic carbocycles. The van der Waals surface area contributed by atoms with Crippen molar-refractivity contribution in [2.45, 2.75) is 58.0 Å². The maximum atomic E-state index is 5.97. The second-order valence-electron chi connectivity index (χ2n) is 5.92. The molecule has 0 amide bonds. The molecular formula is C13H26N2. The topological polar surface area (TPSA) is 29.3 Å². The van der Waals surface area contributed by atoms with Gasteiger partial charge in [-0.2, -0.15) is 0 Å². The molecule has 4 unspecified atom stereocenters. The van der Waals surface area contributed by atoms with Crippen molar-refractivity contribution in [3.05, 3.63) is 0 Å². The van der Waals surface area contributed by atoms with Crippen molar-refractivity contribution in [2.24, 2.45) is 17.6 Å². The summed E-state index contributed by atoms with van der Waals surface area (Å²) in [6.45, 7) is 7.39. The Hall–Kier alpha value is -0.0800. The van der Waals surface area contributed by atoms with Crippen LogP contribution in [0.1, 0.15) is 46.0 Å². The van der Waals surface area contributed by atoms with Crippen LogP contribution in [0.3, 0.4) is 0 Å². The van der Waals surface area contributed by atoms with Crippen LogP contribution in [0.25, 0.3) is 0 Å². The van der Waals surface area contributed by atoms with Crippen LogP contribution in [-0.4, -0.2) is 30.1 Å². The maximum Gasteiger partial charge on any atom is 0.00672 e. The van der Waals surface area contributed by atoms with Crippen molar-refractivity contribution in [1.29, 1.82) is 0 Å². The number of piperidine rings is 1. The van der Waals surface area contributed by atoms with Crippen molar-refractivity contribution in [2.75, 3.05) is 13.1 Å². The number of nitrogens with two attached hydrogens (primary N) is 1. The molecule has 1 heterocycles. The number of hydrogen-bond acceptors (Lipinski definition) is 2. The molecule has 1 aliphatic heterocycles. The van der Waals surface area contributed by atoms with Gasteiger partial charge in [0.2, 0.25) is 0 Å². The highest BCUT2D eigenvalue weighted by molar-refractivity contribution is 4.84. The number of rotatable bonds is 2. The van der Waals surface area contributed by atoms with Gasteiger partial charge in [0, 0.05) is 25.2 Å². The van der Waals surface area contributed by atoms with Crippen LogP contribution in [0.5, 0.6) is 0 Å². The molecule has 88 valence electrons. The molecule has 2 fully saturated rings. The normalized spacial score (nSPS) is 43.4. The number of hydrogen-bond donors (Lipinski definition) is 1. The minimum Gasteiger partial charge on any atom is -0.328 e. The minimum absolute atomic E-state index is 0.493. The summed E-state index contributed by atoms with van der Waals surface area (Å²) in [5, 5.41) is 0. The highest BCUT2D eigenvalue weighted by Gasteiger charge is 2.28. The van der Waals surface area contributed by atoms with Gasteiger partial charge >= 0.3 is 0 Å². The summed E-state index contributed by atoms with van der Waals surface area (Å²) in [6.07, 6.45) is 6.68. The highest BCUT2D eigenvalue weighted by Crippen LogP contribution is 2.28. The summed E-state index contributed by atoms with van der Waals surface area (Å²) in [5.41, 5.74) is 5.97. The lowest BCUT2D eigenvalue weighted by Crippen LogP contribution is -2.43. The van der Waals surface area contributed by atoms with E-state index in [4.69, 9.17) is 5.73 Å². The van der Waals surface area contributed by atoms with Gasteiger partial charge in [0.1, 0.15) is 0 Å². The van der Waals surface area contributed by atoms with Gasteiger partial charge in [0.15, 0.2) is 0 Å². The van der Waals surface area contributed by atoms with E-state index in [1.165, 1.54) is 45.2 Å². The largest absolute Gasteiger partial charge is 0.328 e. The van der Waals surface area contributed by atoms with Crippen molar-refractivity contribution < 1.29 is 0 Å². The van der Waals surface area contributed by atoms with Crippen molar-refractivity contribution >= 4 is 0 Å². The van der Waals surface area contributed by atoms with E-state index in [2.05, 4.69) is 18.7 Å². The first-order valence-electron chi connectivity index (χ1n) is 6.64. The molecule has 2 aliphatic rings. The third-order valence-electron chi connectivity index (χ3n) is 4.32. The zero-order valence-corrected chi connectivity index (χ0v) is 10.3. The Labute approximate surface area is 94.2 Å². The molecule has 2 heteroatoms. The monoisotopic (exact) mass is 210 g/mol. The summed E-state index contributed by atoms with van der Waals surface area (Å²) < 4.78 is 0. The number of likely N-dealkylation sites (tertiary alicyclic amines) is 1. The van der Waals surface area contributed by atoms with Gasteiger partial charge in [-0.05, 0) is 50.9 Å². The van der Waals surface area contributed by atoms with Crippen LogP contribution in [0.15, 0.2) is 0 Å². The van der Waals surface area contributed by atoms with E-state index in [0.717, 1.165) is 17.9 Å². The first-order chi connectivity index (χ1) is 7.15. The third kappa shape index (κ3) is 2.94. The van der Waals surface area contributed by atoms with E-state index in [0.29, 0.717) is 6.04 Å². The molecule has 0 aromatic carbocycles. The Kier molecular flexibility index (Phi) is 3.68.